The third-order valence-corrected chi connectivity index (χ3v) is 5.96. The van der Waals surface area contributed by atoms with Crippen molar-refractivity contribution in [3.63, 3.8) is 0 Å². The summed E-state index contributed by atoms with van der Waals surface area (Å²) in [5.41, 5.74) is 0. The second-order valence-corrected chi connectivity index (χ2v) is 7.97. The summed E-state index contributed by atoms with van der Waals surface area (Å²) < 4.78 is 11.4. The molecule has 0 aromatic carbocycles. The Kier molecular flexibility index (Phi) is 11.0. The fourth-order valence-corrected chi connectivity index (χ4v) is 4.54. The molecule has 0 radical (unpaired) electrons. The Bertz CT molecular complexity index is 408. The monoisotopic (exact) mass is 387 g/mol. The number of aliphatic hydroxyl groups excluding tert-OH is 1. The first-order valence-electron chi connectivity index (χ1n) is 10.8. The lowest BCUT2D eigenvalue weighted by molar-refractivity contribution is -0.771. The largest absolute Gasteiger partial charge is 0.393 e. The van der Waals surface area contributed by atoms with Crippen molar-refractivity contribution >= 4 is 0 Å². The van der Waals surface area contributed by atoms with E-state index in [-0.39, 0.29) is 11.8 Å². The van der Waals surface area contributed by atoms with Gasteiger partial charge in [0.25, 0.3) is 5.09 Å². The summed E-state index contributed by atoms with van der Waals surface area (Å²) in [6.45, 7) is 2.87. The van der Waals surface area contributed by atoms with Crippen LogP contribution in [0.5, 0.6) is 0 Å². The molecule has 2 aliphatic rings. The standard InChI is InChI=1S/C20H37NO6/c22-19-11-3-1-5-13-26-16-8-10-18-17(19)9-7-15-25-14-6-2-4-12-20(18)27-21(23)24/h17-20,22H,1-16H2. The van der Waals surface area contributed by atoms with Gasteiger partial charge < -0.3 is 19.4 Å². The molecule has 0 saturated carbocycles. The van der Waals surface area contributed by atoms with Crippen molar-refractivity contribution in [3.8, 4) is 0 Å². The highest BCUT2D eigenvalue weighted by Crippen LogP contribution is 2.35. The predicted octanol–water partition coefficient (Wildman–Crippen LogP) is 3.90. The van der Waals surface area contributed by atoms with Crippen molar-refractivity contribution in [1.29, 1.82) is 0 Å². The van der Waals surface area contributed by atoms with E-state index >= 15 is 0 Å². The Balaban J connectivity index is 2.17. The molecule has 0 aromatic rings. The molecule has 0 amide bonds. The molecule has 1 N–H and O–H groups in total. The van der Waals surface area contributed by atoms with Gasteiger partial charge in [0.1, 0.15) is 6.10 Å². The Labute approximate surface area is 162 Å². The van der Waals surface area contributed by atoms with Crippen LogP contribution in [0.2, 0.25) is 0 Å². The van der Waals surface area contributed by atoms with Gasteiger partial charge in [-0.3, -0.25) is 0 Å². The normalized spacial score (nSPS) is 33.2. The van der Waals surface area contributed by atoms with Crippen molar-refractivity contribution in [1.82, 2.24) is 0 Å². The highest BCUT2D eigenvalue weighted by Gasteiger charge is 2.35. The van der Waals surface area contributed by atoms with Crippen LogP contribution in [0, 0.1) is 22.0 Å². The SMILES string of the molecule is O=[N+]([O-])OC1CCCCCOCCCC2C(O)CCCCCOCCCC12. The van der Waals surface area contributed by atoms with Crippen molar-refractivity contribution in [3.05, 3.63) is 10.1 Å². The number of hydrogen-bond donors (Lipinski definition) is 1. The van der Waals surface area contributed by atoms with Gasteiger partial charge in [0.2, 0.25) is 0 Å². The average molecular weight is 388 g/mol. The van der Waals surface area contributed by atoms with Crippen LogP contribution in [0.3, 0.4) is 0 Å². The molecule has 4 unspecified atom stereocenters. The molecule has 2 fully saturated rings. The summed E-state index contributed by atoms with van der Waals surface area (Å²) in [5.74, 6) is -0.00902. The van der Waals surface area contributed by atoms with Crippen LogP contribution in [0.15, 0.2) is 0 Å². The van der Waals surface area contributed by atoms with E-state index in [1.807, 2.05) is 0 Å². The number of aliphatic hydroxyl groups is 1. The maximum Gasteiger partial charge on any atom is 0.294 e. The van der Waals surface area contributed by atoms with Gasteiger partial charge in [-0.25, -0.2) is 0 Å². The topological polar surface area (TPSA) is 91.1 Å². The minimum atomic E-state index is -0.643. The van der Waals surface area contributed by atoms with E-state index in [4.69, 9.17) is 14.3 Å². The Morgan fingerprint density at radius 1 is 0.741 bits per heavy atom. The molecule has 2 aliphatic heterocycles. The van der Waals surface area contributed by atoms with Crippen LogP contribution < -0.4 is 0 Å². The smallest absolute Gasteiger partial charge is 0.294 e. The van der Waals surface area contributed by atoms with Gasteiger partial charge in [-0.05, 0) is 63.2 Å². The maximum absolute atomic E-state index is 11.2. The van der Waals surface area contributed by atoms with Gasteiger partial charge in [0.15, 0.2) is 0 Å². The van der Waals surface area contributed by atoms with Gasteiger partial charge in [0, 0.05) is 26.4 Å². The van der Waals surface area contributed by atoms with Gasteiger partial charge >= 0.3 is 0 Å². The number of nitrogens with zero attached hydrogens (tertiary/aromatic N) is 1. The second-order valence-electron chi connectivity index (χ2n) is 7.97. The number of rotatable bonds is 2. The molecular formula is C20H37NO6. The molecule has 2 heterocycles. The third-order valence-electron chi connectivity index (χ3n) is 5.96. The molecule has 0 aliphatic carbocycles. The third kappa shape index (κ3) is 8.75. The van der Waals surface area contributed by atoms with Crippen LogP contribution in [-0.4, -0.2) is 48.8 Å². The lowest BCUT2D eigenvalue weighted by atomic mass is 9.75. The van der Waals surface area contributed by atoms with Crippen molar-refractivity contribution in [2.45, 2.75) is 89.3 Å². The summed E-state index contributed by atoms with van der Waals surface area (Å²) in [7, 11) is 0. The molecule has 2 rings (SSSR count). The number of fused-ring (bicyclic) bond motifs is 1. The Hall–Kier alpha value is -0.920. The minimum Gasteiger partial charge on any atom is -0.393 e. The highest BCUT2D eigenvalue weighted by molar-refractivity contribution is 4.83. The van der Waals surface area contributed by atoms with E-state index in [0.29, 0.717) is 19.6 Å². The van der Waals surface area contributed by atoms with Crippen LogP contribution in [0.25, 0.3) is 0 Å². The molecule has 0 aromatic heterocycles. The Morgan fingerprint density at radius 3 is 1.93 bits per heavy atom. The maximum atomic E-state index is 11.2. The molecular weight excluding hydrogens is 350 g/mol. The van der Waals surface area contributed by atoms with Gasteiger partial charge in [0.05, 0.1) is 6.10 Å². The van der Waals surface area contributed by atoms with Gasteiger partial charge in [-0.2, -0.15) is 0 Å². The summed E-state index contributed by atoms with van der Waals surface area (Å²) in [6, 6.07) is 0. The molecule has 7 heteroatoms. The van der Waals surface area contributed by atoms with Gasteiger partial charge in [-0.1, -0.05) is 25.7 Å². The quantitative estimate of drug-likeness (QED) is 0.571. The molecule has 158 valence electrons. The van der Waals surface area contributed by atoms with E-state index in [2.05, 4.69) is 0 Å². The molecule has 7 nitrogen and oxygen atoms in total. The predicted molar refractivity (Wildman–Crippen MR) is 102 cm³/mol. The molecule has 2 saturated heterocycles. The number of hydrogen-bond acceptors (Lipinski definition) is 6. The first kappa shape index (κ1) is 22.4. The average Bonchev–Trinajstić information content (AvgIpc) is 2.62. The number of ether oxygens (including phenoxy) is 2. The summed E-state index contributed by atoms with van der Waals surface area (Å²) in [5, 5.41) is 21.5. The van der Waals surface area contributed by atoms with Gasteiger partial charge in [-0.15, -0.1) is 10.1 Å². The van der Waals surface area contributed by atoms with Crippen LogP contribution in [0.4, 0.5) is 0 Å². The zero-order chi connectivity index (χ0) is 19.3. The fourth-order valence-electron chi connectivity index (χ4n) is 4.54. The summed E-state index contributed by atoms with van der Waals surface area (Å²) >= 11 is 0. The van der Waals surface area contributed by atoms with Crippen molar-refractivity contribution in [2.24, 2.45) is 11.8 Å². The lowest BCUT2D eigenvalue weighted by Crippen LogP contribution is -2.38. The van der Waals surface area contributed by atoms with E-state index in [1.54, 1.807) is 0 Å². The molecule has 27 heavy (non-hydrogen) atoms. The van der Waals surface area contributed by atoms with E-state index in [0.717, 1.165) is 83.8 Å². The minimum absolute atomic E-state index is 0.0115. The fraction of sp³-hybridized carbons (Fsp3) is 1.00. The summed E-state index contributed by atoms with van der Waals surface area (Å²) in [6.07, 6.45) is 9.77. The molecule has 4 atom stereocenters. The van der Waals surface area contributed by atoms with Crippen LogP contribution >= 0.6 is 0 Å². The zero-order valence-electron chi connectivity index (χ0n) is 16.6. The highest BCUT2D eigenvalue weighted by atomic mass is 17.0. The molecule has 0 bridgehead atoms. The van der Waals surface area contributed by atoms with E-state index in [9.17, 15) is 15.2 Å². The van der Waals surface area contributed by atoms with Crippen molar-refractivity contribution < 1.29 is 24.5 Å². The van der Waals surface area contributed by atoms with Crippen LogP contribution in [-0.2, 0) is 14.3 Å². The van der Waals surface area contributed by atoms with Crippen molar-refractivity contribution in [2.75, 3.05) is 26.4 Å². The summed E-state index contributed by atoms with van der Waals surface area (Å²) in [4.78, 5) is 16.3. The second kappa shape index (κ2) is 13.3. The Morgan fingerprint density at radius 2 is 1.30 bits per heavy atom. The first-order valence-corrected chi connectivity index (χ1v) is 10.8. The van der Waals surface area contributed by atoms with E-state index < -0.39 is 17.3 Å². The lowest BCUT2D eigenvalue weighted by Gasteiger charge is -2.36. The van der Waals surface area contributed by atoms with Crippen LogP contribution in [0.1, 0.15) is 77.0 Å². The van der Waals surface area contributed by atoms with E-state index in [1.165, 1.54) is 0 Å². The molecule has 0 spiro atoms. The zero-order valence-corrected chi connectivity index (χ0v) is 16.6. The first-order chi connectivity index (χ1) is 13.2.